The highest BCUT2D eigenvalue weighted by atomic mass is 16.6. The summed E-state index contributed by atoms with van der Waals surface area (Å²) in [7, 11) is 1.62. The van der Waals surface area contributed by atoms with Gasteiger partial charge in [-0.2, -0.15) is 0 Å². The number of carbonyl (C=O) groups is 2. The number of carboxylic acid groups (broad SMARTS) is 1. The van der Waals surface area contributed by atoms with Crippen molar-refractivity contribution >= 4 is 11.9 Å². The summed E-state index contributed by atoms with van der Waals surface area (Å²) < 4.78 is 26.1. The molecule has 0 aromatic rings. The second-order valence-corrected chi connectivity index (χ2v) is 5.49. The molecule has 0 aliphatic carbocycles. The first kappa shape index (κ1) is 24.7. The van der Waals surface area contributed by atoms with Crippen LogP contribution < -0.4 is 0 Å². The minimum atomic E-state index is -1.03. The largest absolute Gasteiger partial charge is 0.481 e. The minimum Gasteiger partial charge on any atom is -0.481 e. The van der Waals surface area contributed by atoms with Gasteiger partial charge < -0.3 is 33.9 Å². The molecule has 0 amide bonds. The molecule has 0 rings (SSSR count). The highest BCUT2D eigenvalue weighted by molar-refractivity contribution is 5.76. The second kappa shape index (κ2) is 18.5. The lowest BCUT2D eigenvalue weighted by Gasteiger charge is -2.15. The highest BCUT2D eigenvalue weighted by Gasteiger charge is 2.09. The van der Waals surface area contributed by atoms with Crippen LogP contribution in [0, 0.1) is 0 Å². The lowest BCUT2D eigenvalue weighted by molar-refractivity contribution is -0.149. The smallest absolute Gasteiger partial charge is 0.306 e. The van der Waals surface area contributed by atoms with Crippen LogP contribution in [0.15, 0.2) is 0 Å². The quantitative estimate of drug-likeness (QED) is 0.245. The molecule has 0 fully saturated rings. The molecule has 1 atom stereocenters. The fraction of sp³-hybridized carbons (Fsp3) is 0.882. The van der Waals surface area contributed by atoms with Gasteiger partial charge in [0.2, 0.25) is 0 Å². The van der Waals surface area contributed by atoms with Crippen LogP contribution in [0.4, 0.5) is 0 Å². The number of hydrogen-bond acceptors (Lipinski definition) is 8. The summed E-state index contributed by atoms with van der Waals surface area (Å²) in [6.07, 6.45) is 2.27. The van der Waals surface area contributed by atoms with Crippen LogP contribution in [0.2, 0.25) is 0 Å². The van der Waals surface area contributed by atoms with E-state index in [4.69, 9.17) is 33.9 Å². The van der Waals surface area contributed by atoms with Crippen LogP contribution in [0.5, 0.6) is 0 Å². The van der Waals surface area contributed by atoms with Crippen LogP contribution in [-0.4, -0.2) is 88.2 Å². The Kier molecular flexibility index (Phi) is 17.6. The number of carboxylic acids is 1. The first-order valence-electron chi connectivity index (χ1n) is 8.84. The third kappa shape index (κ3) is 17.6. The van der Waals surface area contributed by atoms with E-state index in [9.17, 15) is 9.59 Å². The van der Waals surface area contributed by atoms with Crippen molar-refractivity contribution in [2.75, 3.05) is 60.0 Å². The fourth-order valence-corrected chi connectivity index (χ4v) is 1.94. The van der Waals surface area contributed by atoms with Crippen molar-refractivity contribution in [3.63, 3.8) is 0 Å². The van der Waals surface area contributed by atoms with Crippen molar-refractivity contribution in [3.8, 4) is 0 Å². The van der Waals surface area contributed by atoms with Crippen molar-refractivity contribution in [2.24, 2.45) is 0 Å². The molecule has 0 spiro atoms. The SMILES string of the molecule is COC(CCCCOCCOCCO)COCCOC(=O)CCC(=O)O. The molecule has 26 heavy (non-hydrogen) atoms. The van der Waals surface area contributed by atoms with E-state index in [0.717, 1.165) is 19.3 Å². The predicted molar refractivity (Wildman–Crippen MR) is 92.0 cm³/mol. The molecule has 9 nitrogen and oxygen atoms in total. The van der Waals surface area contributed by atoms with E-state index in [0.29, 0.717) is 33.0 Å². The molecule has 9 heteroatoms. The van der Waals surface area contributed by atoms with Crippen LogP contribution in [-0.2, 0) is 33.3 Å². The molecular weight excluding hydrogens is 348 g/mol. The van der Waals surface area contributed by atoms with E-state index < -0.39 is 11.9 Å². The molecule has 0 aliphatic rings. The Balaban J connectivity index is 3.45. The number of aliphatic hydroxyl groups excluding tert-OH is 1. The first-order chi connectivity index (χ1) is 12.6. The predicted octanol–water partition coefficient (Wildman–Crippen LogP) is 0.622. The van der Waals surface area contributed by atoms with Crippen LogP contribution >= 0.6 is 0 Å². The van der Waals surface area contributed by atoms with Crippen molar-refractivity contribution in [2.45, 2.75) is 38.2 Å². The van der Waals surface area contributed by atoms with E-state index in [1.807, 2.05) is 0 Å². The van der Waals surface area contributed by atoms with Gasteiger partial charge in [-0.25, -0.2) is 0 Å². The number of rotatable bonds is 19. The number of hydrogen-bond donors (Lipinski definition) is 2. The van der Waals surface area contributed by atoms with Gasteiger partial charge in [-0.3, -0.25) is 9.59 Å². The third-order valence-corrected chi connectivity index (χ3v) is 3.34. The van der Waals surface area contributed by atoms with Gasteiger partial charge in [-0.15, -0.1) is 0 Å². The van der Waals surface area contributed by atoms with Crippen molar-refractivity contribution in [3.05, 3.63) is 0 Å². The maximum absolute atomic E-state index is 11.2. The summed E-state index contributed by atoms with van der Waals surface area (Å²) in [5, 5.41) is 17.0. The Hall–Kier alpha value is -1.26. The van der Waals surface area contributed by atoms with E-state index in [-0.39, 0.29) is 38.8 Å². The summed E-state index contributed by atoms with van der Waals surface area (Å²) in [4.78, 5) is 21.5. The molecule has 0 radical (unpaired) electrons. The van der Waals surface area contributed by atoms with Crippen LogP contribution in [0.25, 0.3) is 0 Å². The molecule has 1 unspecified atom stereocenters. The Morgan fingerprint density at radius 2 is 1.58 bits per heavy atom. The third-order valence-electron chi connectivity index (χ3n) is 3.34. The fourth-order valence-electron chi connectivity index (χ4n) is 1.94. The number of esters is 1. The topological polar surface area (TPSA) is 121 Å². The van der Waals surface area contributed by atoms with Crippen molar-refractivity contribution < 1.29 is 43.5 Å². The number of unbranched alkanes of at least 4 members (excludes halogenated alkanes) is 1. The summed E-state index contributed by atoms with van der Waals surface area (Å²) in [5.74, 6) is -1.57. The average molecular weight is 380 g/mol. The number of carbonyl (C=O) groups excluding carboxylic acids is 1. The summed E-state index contributed by atoms with van der Waals surface area (Å²) in [6.45, 7) is 2.74. The Morgan fingerprint density at radius 1 is 0.885 bits per heavy atom. The van der Waals surface area contributed by atoms with Crippen molar-refractivity contribution in [1.82, 2.24) is 0 Å². The number of methoxy groups -OCH3 is 1. The molecule has 0 saturated carbocycles. The van der Waals surface area contributed by atoms with E-state index in [2.05, 4.69) is 0 Å². The Morgan fingerprint density at radius 3 is 2.23 bits per heavy atom. The van der Waals surface area contributed by atoms with Gasteiger partial charge in [0.1, 0.15) is 6.61 Å². The molecule has 2 N–H and O–H groups in total. The average Bonchev–Trinajstić information content (AvgIpc) is 2.63. The standard InChI is InChI=1S/C17H32O9/c1-22-15(4-2-3-8-23-10-11-24-9-7-18)14-25-12-13-26-17(21)6-5-16(19)20/h15,18H,2-14H2,1H3,(H,19,20). The molecule has 0 aliphatic heterocycles. The van der Waals surface area contributed by atoms with E-state index in [1.165, 1.54) is 0 Å². The van der Waals surface area contributed by atoms with Gasteiger partial charge in [-0.05, 0) is 19.3 Å². The zero-order chi connectivity index (χ0) is 19.5. The molecule has 0 bridgehead atoms. The first-order valence-corrected chi connectivity index (χ1v) is 8.84. The Bertz CT molecular complexity index is 349. The van der Waals surface area contributed by atoms with E-state index >= 15 is 0 Å². The number of aliphatic carboxylic acids is 1. The second-order valence-electron chi connectivity index (χ2n) is 5.49. The van der Waals surface area contributed by atoms with Crippen LogP contribution in [0.1, 0.15) is 32.1 Å². The molecule has 0 saturated heterocycles. The van der Waals surface area contributed by atoms with Crippen molar-refractivity contribution in [1.29, 1.82) is 0 Å². The molecular formula is C17H32O9. The van der Waals surface area contributed by atoms with Gasteiger partial charge in [0.25, 0.3) is 0 Å². The molecule has 0 aromatic heterocycles. The number of aliphatic hydroxyl groups is 1. The summed E-state index contributed by atoms with van der Waals surface area (Å²) >= 11 is 0. The Labute approximate surface area is 154 Å². The van der Waals surface area contributed by atoms with Gasteiger partial charge in [0.05, 0.1) is 58.6 Å². The van der Waals surface area contributed by atoms with E-state index in [1.54, 1.807) is 7.11 Å². The number of ether oxygens (including phenoxy) is 5. The molecule has 0 aromatic carbocycles. The lowest BCUT2D eigenvalue weighted by atomic mass is 10.1. The highest BCUT2D eigenvalue weighted by Crippen LogP contribution is 2.05. The normalized spacial score (nSPS) is 12.1. The molecule has 0 heterocycles. The summed E-state index contributed by atoms with van der Waals surface area (Å²) in [6, 6.07) is 0. The zero-order valence-electron chi connectivity index (χ0n) is 15.5. The van der Waals surface area contributed by atoms with Gasteiger partial charge in [0.15, 0.2) is 0 Å². The monoisotopic (exact) mass is 380 g/mol. The summed E-state index contributed by atoms with van der Waals surface area (Å²) in [5.41, 5.74) is 0. The van der Waals surface area contributed by atoms with Gasteiger partial charge >= 0.3 is 11.9 Å². The minimum absolute atomic E-state index is 0.0215. The van der Waals surface area contributed by atoms with Gasteiger partial charge in [-0.1, -0.05) is 0 Å². The maximum Gasteiger partial charge on any atom is 0.306 e. The van der Waals surface area contributed by atoms with Gasteiger partial charge in [0, 0.05) is 13.7 Å². The molecule has 154 valence electrons. The maximum atomic E-state index is 11.2. The van der Waals surface area contributed by atoms with Crippen LogP contribution in [0.3, 0.4) is 0 Å². The lowest BCUT2D eigenvalue weighted by Crippen LogP contribution is -2.20. The zero-order valence-corrected chi connectivity index (χ0v) is 15.5.